The molecule has 37 heavy (non-hydrogen) atoms. The number of allylic oxidation sites excluding steroid dienone is 1. The molecule has 0 fully saturated rings. The predicted octanol–water partition coefficient (Wildman–Crippen LogP) is 8.03. The number of anilines is 2. The summed E-state index contributed by atoms with van der Waals surface area (Å²) in [5, 5.41) is 0. The molecule has 2 aliphatic heterocycles. The van der Waals surface area contributed by atoms with Crippen molar-refractivity contribution in [2.45, 2.75) is 110 Å². The Morgan fingerprint density at radius 1 is 0.892 bits per heavy atom. The lowest BCUT2D eigenvalue weighted by Gasteiger charge is -2.51. The fourth-order valence-electron chi connectivity index (χ4n) is 7.00. The van der Waals surface area contributed by atoms with Crippen LogP contribution in [-0.2, 0) is 15.0 Å². The first-order valence-electron chi connectivity index (χ1n) is 13.9. The lowest BCUT2D eigenvalue weighted by atomic mass is 9.64. The van der Waals surface area contributed by atoms with Crippen molar-refractivity contribution in [3.05, 3.63) is 65.2 Å². The topological polar surface area (TPSA) is 40.6 Å². The van der Waals surface area contributed by atoms with Gasteiger partial charge >= 0.3 is 0 Å². The van der Waals surface area contributed by atoms with Gasteiger partial charge in [-0.3, -0.25) is 9.59 Å². The molecule has 2 amide bonds. The molecule has 0 spiro atoms. The molecule has 0 radical (unpaired) electrons. The number of hydrogen-bond acceptors (Lipinski definition) is 2. The molecule has 2 heterocycles. The molecule has 2 aromatic carbocycles. The van der Waals surface area contributed by atoms with Crippen LogP contribution in [0, 0.1) is 0 Å². The molecule has 0 bridgehead atoms. The first kappa shape index (κ1) is 27.2. The summed E-state index contributed by atoms with van der Waals surface area (Å²) < 4.78 is 0. The maximum Gasteiger partial charge on any atom is 0.227 e. The molecule has 4 nitrogen and oxygen atoms in total. The zero-order valence-corrected chi connectivity index (χ0v) is 24.1. The minimum atomic E-state index is -0.369. The van der Waals surface area contributed by atoms with E-state index in [9.17, 15) is 9.59 Å². The molecule has 2 aromatic rings. The van der Waals surface area contributed by atoms with Crippen LogP contribution in [0.15, 0.2) is 48.5 Å². The maximum absolute atomic E-state index is 13.5. The van der Waals surface area contributed by atoms with Crippen molar-refractivity contribution in [3.8, 4) is 0 Å². The van der Waals surface area contributed by atoms with E-state index in [0.29, 0.717) is 6.42 Å². The molecule has 1 unspecified atom stereocenters. The molecule has 0 aromatic heterocycles. The zero-order valence-electron chi connectivity index (χ0n) is 24.1. The van der Waals surface area contributed by atoms with E-state index in [-0.39, 0.29) is 28.3 Å². The van der Waals surface area contributed by atoms with Crippen LogP contribution in [0.1, 0.15) is 111 Å². The summed E-state index contributed by atoms with van der Waals surface area (Å²) in [5.41, 5.74) is 5.74. The Morgan fingerprint density at radius 2 is 1.59 bits per heavy atom. The summed E-state index contributed by atoms with van der Waals surface area (Å²) in [5.74, 6) is 0.269. The molecule has 0 saturated carbocycles. The fraction of sp³-hybridized carbons (Fsp3) is 0.515. The second kappa shape index (κ2) is 9.78. The van der Waals surface area contributed by atoms with Crippen LogP contribution in [0.5, 0.6) is 0 Å². The van der Waals surface area contributed by atoms with Crippen molar-refractivity contribution in [2.24, 2.45) is 0 Å². The van der Waals surface area contributed by atoms with Gasteiger partial charge in [0.25, 0.3) is 0 Å². The SMILES string of the molecule is CCCCCCC(=O)N1c2ccc(C3(C)CC(C)(C)N(C(C)=O)c4ccccc43)cc2C(C)=CC1(C)C. The number of rotatable bonds is 6. The summed E-state index contributed by atoms with van der Waals surface area (Å²) in [6.07, 6.45) is 8.00. The van der Waals surface area contributed by atoms with Crippen molar-refractivity contribution in [3.63, 3.8) is 0 Å². The van der Waals surface area contributed by atoms with E-state index in [2.05, 4.69) is 90.9 Å². The highest BCUT2D eigenvalue weighted by Crippen LogP contribution is 2.51. The summed E-state index contributed by atoms with van der Waals surface area (Å²) >= 11 is 0. The van der Waals surface area contributed by atoms with Crippen LogP contribution in [0.2, 0.25) is 0 Å². The summed E-state index contributed by atoms with van der Waals surface area (Å²) in [6.45, 7) is 16.9. The number of carbonyl (C=O) groups excluding carboxylic acids is 2. The van der Waals surface area contributed by atoms with E-state index in [4.69, 9.17) is 0 Å². The number of para-hydroxylation sites is 1. The van der Waals surface area contributed by atoms with Crippen LogP contribution in [0.4, 0.5) is 11.4 Å². The van der Waals surface area contributed by atoms with Gasteiger partial charge in [-0.25, -0.2) is 0 Å². The highest BCUT2D eigenvalue weighted by atomic mass is 16.2. The second-order valence-corrected chi connectivity index (χ2v) is 12.4. The molecule has 198 valence electrons. The number of unbranched alkanes of at least 4 members (excludes halogenated alkanes) is 3. The Morgan fingerprint density at radius 3 is 2.27 bits per heavy atom. The molecular weight excluding hydrogens is 456 g/mol. The third-order valence-electron chi connectivity index (χ3n) is 8.38. The predicted molar refractivity (Wildman–Crippen MR) is 155 cm³/mol. The third-order valence-corrected chi connectivity index (χ3v) is 8.38. The molecule has 0 N–H and O–H groups in total. The van der Waals surface area contributed by atoms with Gasteiger partial charge in [0.15, 0.2) is 0 Å². The summed E-state index contributed by atoms with van der Waals surface area (Å²) in [4.78, 5) is 30.2. The van der Waals surface area contributed by atoms with E-state index in [1.807, 2.05) is 15.9 Å². The maximum atomic E-state index is 13.5. The standard InChI is InChI=1S/C33H44N2O2/c1-9-10-11-12-17-30(37)35-28-19-18-25(20-26(28)23(2)21-31(35,4)5)33(8)22-32(6,7)34(24(3)36)29-16-14-13-15-27(29)33/h13-16,18-21H,9-12,17,22H2,1-8H3. The first-order valence-corrected chi connectivity index (χ1v) is 13.9. The Labute approximate surface area is 223 Å². The molecule has 0 saturated heterocycles. The van der Waals surface area contributed by atoms with Gasteiger partial charge in [0.2, 0.25) is 11.8 Å². The van der Waals surface area contributed by atoms with Gasteiger partial charge in [0, 0.05) is 35.5 Å². The fourth-order valence-corrected chi connectivity index (χ4v) is 7.00. The van der Waals surface area contributed by atoms with Gasteiger partial charge in [-0.05, 0) is 82.4 Å². The smallest absolute Gasteiger partial charge is 0.227 e. The summed E-state index contributed by atoms with van der Waals surface area (Å²) in [6, 6.07) is 15.0. The monoisotopic (exact) mass is 500 g/mol. The average Bonchev–Trinajstić information content (AvgIpc) is 2.80. The largest absolute Gasteiger partial charge is 0.307 e. The minimum absolute atomic E-state index is 0.0686. The van der Waals surface area contributed by atoms with Gasteiger partial charge in [-0.1, -0.05) is 63.5 Å². The minimum Gasteiger partial charge on any atom is -0.307 e. The zero-order chi connectivity index (χ0) is 27.2. The number of benzene rings is 2. The summed E-state index contributed by atoms with van der Waals surface area (Å²) in [7, 11) is 0. The van der Waals surface area contributed by atoms with Crippen LogP contribution in [0.3, 0.4) is 0 Å². The van der Waals surface area contributed by atoms with E-state index >= 15 is 0 Å². The van der Waals surface area contributed by atoms with Gasteiger partial charge in [0.1, 0.15) is 0 Å². The molecule has 0 aliphatic carbocycles. The van der Waals surface area contributed by atoms with Gasteiger partial charge in [-0.2, -0.15) is 0 Å². The number of carbonyl (C=O) groups is 2. The van der Waals surface area contributed by atoms with Crippen molar-refractivity contribution in [2.75, 3.05) is 9.80 Å². The van der Waals surface area contributed by atoms with Gasteiger partial charge < -0.3 is 9.80 Å². The Kier molecular flexibility index (Phi) is 7.18. The van der Waals surface area contributed by atoms with E-state index in [0.717, 1.165) is 36.2 Å². The number of fused-ring (bicyclic) bond motifs is 2. The highest BCUT2D eigenvalue weighted by Gasteiger charge is 2.47. The first-order chi connectivity index (χ1) is 17.3. The number of hydrogen-bond donors (Lipinski definition) is 0. The van der Waals surface area contributed by atoms with E-state index in [1.165, 1.54) is 29.5 Å². The number of amides is 2. The molecule has 1 atom stereocenters. The Bertz CT molecular complexity index is 1240. The quantitative estimate of drug-likeness (QED) is 0.377. The number of nitrogens with zero attached hydrogens (tertiary/aromatic N) is 2. The Hall–Kier alpha value is -2.88. The van der Waals surface area contributed by atoms with Crippen LogP contribution in [-0.4, -0.2) is 22.9 Å². The van der Waals surface area contributed by atoms with E-state index < -0.39 is 0 Å². The van der Waals surface area contributed by atoms with Crippen molar-refractivity contribution < 1.29 is 9.59 Å². The molecule has 4 rings (SSSR count). The normalized spacial score (nSPS) is 21.7. The molecule has 2 aliphatic rings. The lowest BCUT2D eigenvalue weighted by Crippen LogP contribution is -2.55. The third kappa shape index (κ3) is 4.76. The van der Waals surface area contributed by atoms with Crippen molar-refractivity contribution in [1.29, 1.82) is 0 Å². The van der Waals surface area contributed by atoms with Gasteiger partial charge in [-0.15, -0.1) is 0 Å². The second-order valence-electron chi connectivity index (χ2n) is 12.4. The molecular formula is C33H44N2O2. The Balaban J connectivity index is 1.80. The van der Waals surface area contributed by atoms with Crippen LogP contribution >= 0.6 is 0 Å². The van der Waals surface area contributed by atoms with Crippen molar-refractivity contribution >= 4 is 28.8 Å². The van der Waals surface area contributed by atoms with Crippen LogP contribution < -0.4 is 9.80 Å². The van der Waals surface area contributed by atoms with E-state index in [1.54, 1.807) is 6.92 Å². The highest BCUT2D eigenvalue weighted by molar-refractivity contribution is 6.00. The average molecular weight is 501 g/mol. The van der Waals surface area contributed by atoms with Crippen LogP contribution in [0.25, 0.3) is 5.57 Å². The molecule has 4 heteroatoms. The van der Waals surface area contributed by atoms with Gasteiger partial charge in [0.05, 0.1) is 11.2 Å². The lowest BCUT2D eigenvalue weighted by molar-refractivity contribution is -0.119. The van der Waals surface area contributed by atoms with Crippen molar-refractivity contribution in [1.82, 2.24) is 0 Å².